The van der Waals surface area contributed by atoms with Crippen LogP contribution in [-0.2, 0) is 11.3 Å². The van der Waals surface area contributed by atoms with Crippen molar-refractivity contribution >= 4 is 12.6 Å². The van der Waals surface area contributed by atoms with E-state index in [1.54, 1.807) is 0 Å². The van der Waals surface area contributed by atoms with Gasteiger partial charge in [0.15, 0.2) is 6.10 Å². The van der Waals surface area contributed by atoms with Crippen LogP contribution in [0.25, 0.3) is 0 Å². The van der Waals surface area contributed by atoms with E-state index >= 15 is 0 Å². The van der Waals surface area contributed by atoms with Crippen LogP contribution in [0.1, 0.15) is 12.5 Å². The molecule has 0 heterocycles. The Bertz CT molecular complexity index is 409. The third-order valence-electron chi connectivity index (χ3n) is 2.30. The van der Waals surface area contributed by atoms with Gasteiger partial charge in [0, 0.05) is 5.46 Å². The first-order chi connectivity index (χ1) is 8.21. The van der Waals surface area contributed by atoms with E-state index in [4.69, 9.17) is 10.0 Å². The Morgan fingerprint density at radius 3 is 2.44 bits per heavy atom. The number of alkyl halides is 3. The number of ether oxygens (including phenoxy) is 1. The van der Waals surface area contributed by atoms with Crippen molar-refractivity contribution in [2.45, 2.75) is 25.8 Å². The second-order valence-corrected chi connectivity index (χ2v) is 3.72. The van der Waals surface area contributed by atoms with Gasteiger partial charge in [0.05, 0.1) is 6.61 Å². The molecule has 100 valence electrons. The molecule has 1 rings (SSSR count). The predicted octanol–water partition coefficient (Wildman–Crippen LogP) is 0.973. The minimum Gasteiger partial charge on any atom is -0.423 e. The first kappa shape index (κ1) is 14.9. The van der Waals surface area contributed by atoms with E-state index in [9.17, 15) is 17.6 Å². The molecule has 1 atom stereocenters. The summed E-state index contributed by atoms with van der Waals surface area (Å²) in [5, 5.41) is 17.7. The Labute approximate surface area is 101 Å². The molecular weight excluding hydrogens is 255 g/mol. The van der Waals surface area contributed by atoms with Crippen molar-refractivity contribution in [3.8, 4) is 0 Å². The molecule has 0 aromatic heterocycles. The van der Waals surface area contributed by atoms with Gasteiger partial charge in [0.25, 0.3) is 0 Å². The molecule has 0 amide bonds. The van der Waals surface area contributed by atoms with Gasteiger partial charge in [0.1, 0.15) is 5.82 Å². The molecule has 0 radical (unpaired) electrons. The van der Waals surface area contributed by atoms with Crippen LogP contribution in [0.5, 0.6) is 0 Å². The van der Waals surface area contributed by atoms with Crippen LogP contribution in [0, 0.1) is 5.82 Å². The monoisotopic (exact) mass is 266 g/mol. The largest absolute Gasteiger partial charge is 0.491 e. The molecule has 2 N–H and O–H groups in total. The molecule has 0 saturated carbocycles. The van der Waals surface area contributed by atoms with Gasteiger partial charge >= 0.3 is 13.3 Å². The van der Waals surface area contributed by atoms with Crippen molar-refractivity contribution in [1.29, 1.82) is 0 Å². The minimum atomic E-state index is -4.47. The second-order valence-electron chi connectivity index (χ2n) is 3.72. The Morgan fingerprint density at radius 2 is 1.94 bits per heavy atom. The number of benzene rings is 1. The molecule has 0 aliphatic heterocycles. The fraction of sp³-hybridized carbons (Fsp3) is 0.400. The van der Waals surface area contributed by atoms with E-state index in [1.165, 1.54) is 6.07 Å². The molecule has 1 unspecified atom stereocenters. The molecule has 3 nitrogen and oxygen atoms in total. The summed E-state index contributed by atoms with van der Waals surface area (Å²) in [6, 6.07) is 3.19. The SMILES string of the molecule is CC(OCc1ccc(F)c(B(O)O)c1)C(F)(F)F. The number of hydrogen-bond donors (Lipinski definition) is 2. The molecule has 18 heavy (non-hydrogen) atoms. The number of halogens is 4. The number of hydrogen-bond acceptors (Lipinski definition) is 3. The lowest BCUT2D eigenvalue weighted by molar-refractivity contribution is -0.217. The van der Waals surface area contributed by atoms with E-state index in [-0.39, 0.29) is 5.56 Å². The first-order valence-electron chi connectivity index (χ1n) is 5.04. The summed E-state index contributed by atoms with van der Waals surface area (Å²) in [7, 11) is -2.02. The highest BCUT2D eigenvalue weighted by Gasteiger charge is 2.36. The molecular formula is C10H11BF4O3. The molecule has 0 spiro atoms. The quantitative estimate of drug-likeness (QED) is 0.630. The summed E-state index contributed by atoms with van der Waals surface area (Å²) >= 11 is 0. The molecule has 1 aromatic carbocycles. The average Bonchev–Trinajstić information content (AvgIpc) is 2.25. The van der Waals surface area contributed by atoms with Crippen molar-refractivity contribution in [1.82, 2.24) is 0 Å². The predicted molar refractivity (Wildman–Crippen MR) is 56.5 cm³/mol. The summed E-state index contributed by atoms with van der Waals surface area (Å²) in [6.45, 7) is 0.450. The van der Waals surface area contributed by atoms with Crippen molar-refractivity contribution in [3.63, 3.8) is 0 Å². The molecule has 8 heteroatoms. The fourth-order valence-electron chi connectivity index (χ4n) is 1.20. The molecule has 0 bridgehead atoms. The molecule has 0 aliphatic rings. The van der Waals surface area contributed by atoms with Crippen LogP contribution >= 0.6 is 0 Å². The Morgan fingerprint density at radius 1 is 1.33 bits per heavy atom. The third-order valence-corrected chi connectivity index (χ3v) is 2.30. The zero-order valence-corrected chi connectivity index (χ0v) is 9.41. The van der Waals surface area contributed by atoms with Gasteiger partial charge in [-0.25, -0.2) is 4.39 Å². The standard InChI is InChI=1S/C10H11BF4O3/c1-6(10(13,14)15)18-5-7-2-3-9(12)8(4-7)11(16)17/h2-4,6,16-17H,5H2,1H3. The van der Waals surface area contributed by atoms with E-state index in [0.29, 0.717) is 0 Å². The summed E-state index contributed by atoms with van der Waals surface area (Å²) in [5.74, 6) is -0.849. The maximum atomic E-state index is 13.1. The molecule has 0 aliphatic carbocycles. The molecule has 0 fully saturated rings. The number of rotatable bonds is 4. The van der Waals surface area contributed by atoms with E-state index in [2.05, 4.69) is 4.74 Å². The van der Waals surface area contributed by atoms with Crippen molar-refractivity contribution in [2.24, 2.45) is 0 Å². The van der Waals surface area contributed by atoms with Gasteiger partial charge < -0.3 is 14.8 Å². The van der Waals surface area contributed by atoms with Crippen LogP contribution in [-0.4, -0.2) is 29.4 Å². The van der Waals surface area contributed by atoms with Gasteiger partial charge in [0.2, 0.25) is 0 Å². The van der Waals surface area contributed by atoms with Crippen LogP contribution in [0.2, 0.25) is 0 Å². The third kappa shape index (κ3) is 3.97. The maximum Gasteiger partial charge on any atom is 0.491 e. The summed E-state index contributed by atoms with van der Waals surface area (Å²) in [4.78, 5) is 0. The maximum absolute atomic E-state index is 13.1. The van der Waals surface area contributed by atoms with Crippen LogP contribution in [0.15, 0.2) is 18.2 Å². The Hall–Kier alpha value is -1.12. The average molecular weight is 266 g/mol. The van der Waals surface area contributed by atoms with Gasteiger partial charge in [-0.1, -0.05) is 12.1 Å². The minimum absolute atomic E-state index is 0.218. The van der Waals surface area contributed by atoms with Crippen LogP contribution in [0.4, 0.5) is 17.6 Å². The van der Waals surface area contributed by atoms with Crippen molar-refractivity contribution < 1.29 is 32.3 Å². The van der Waals surface area contributed by atoms with Crippen LogP contribution in [0.3, 0.4) is 0 Å². The van der Waals surface area contributed by atoms with Crippen molar-refractivity contribution in [2.75, 3.05) is 0 Å². The van der Waals surface area contributed by atoms with Gasteiger partial charge in [-0.3, -0.25) is 0 Å². The smallest absolute Gasteiger partial charge is 0.423 e. The van der Waals surface area contributed by atoms with E-state index < -0.39 is 37.3 Å². The highest BCUT2D eigenvalue weighted by atomic mass is 19.4. The van der Waals surface area contributed by atoms with Gasteiger partial charge in [-0.05, 0) is 18.6 Å². The summed E-state index contributed by atoms with van der Waals surface area (Å²) < 4.78 is 54.1. The summed E-state index contributed by atoms with van der Waals surface area (Å²) in [5.41, 5.74) is -0.189. The Kier molecular flexibility index (Phi) is 4.72. The zero-order valence-electron chi connectivity index (χ0n) is 9.41. The first-order valence-corrected chi connectivity index (χ1v) is 5.04. The summed E-state index contributed by atoms with van der Waals surface area (Å²) in [6.07, 6.45) is -6.43. The van der Waals surface area contributed by atoms with Crippen molar-refractivity contribution in [3.05, 3.63) is 29.6 Å². The zero-order chi connectivity index (χ0) is 13.9. The normalized spacial score (nSPS) is 13.5. The molecule has 1 aromatic rings. The lowest BCUT2D eigenvalue weighted by Crippen LogP contribution is -2.33. The van der Waals surface area contributed by atoms with Gasteiger partial charge in [-0.15, -0.1) is 0 Å². The molecule has 0 saturated heterocycles. The Balaban J connectivity index is 2.72. The lowest BCUT2D eigenvalue weighted by Gasteiger charge is -2.16. The highest BCUT2D eigenvalue weighted by molar-refractivity contribution is 6.58. The topological polar surface area (TPSA) is 49.7 Å². The van der Waals surface area contributed by atoms with Gasteiger partial charge in [-0.2, -0.15) is 13.2 Å². The highest BCUT2D eigenvalue weighted by Crippen LogP contribution is 2.23. The van der Waals surface area contributed by atoms with E-state index in [0.717, 1.165) is 19.1 Å². The van der Waals surface area contributed by atoms with Crippen LogP contribution < -0.4 is 5.46 Å². The fourth-order valence-corrected chi connectivity index (χ4v) is 1.20. The van der Waals surface area contributed by atoms with E-state index in [1.807, 2.05) is 0 Å². The second kappa shape index (κ2) is 5.68. The lowest BCUT2D eigenvalue weighted by atomic mass is 9.79.